The van der Waals surface area contributed by atoms with Gasteiger partial charge in [-0.3, -0.25) is 14.3 Å². The zero-order chi connectivity index (χ0) is 22.2. The second-order valence-corrected chi connectivity index (χ2v) is 7.70. The third kappa shape index (κ3) is 6.44. The molecule has 1 atom stereocenters. The minimum atomic E-state index is -0.669. The Hall–Kier alpha value is -3.61. The molecule has 0 spiro atoms. The molecule has 1 unspecified atom stereocenters. The third-order valence-corrected chi connectivity index (χ3v) is 4.77. The van der Waals surface area contributed by atoms with Crippen LogP contribution in [0.1, 0.15) is 29.8 Å². The molecule has 0 fully saturated rings. The average molecular weight is 421 g/mol. The van der Waals surface area contributed by atoms with E-state index in [-0.39, 0.29) is 17.7 Å². The molecule has 162 valence electrons. The predicted octanol–water partition coefficient (Wildman–Crippen LogP) is 3.66. The van der Waals surface area contributed by atoms with Crippen LogP contribution in [0.3, 0.4) is 0 Å². The Labute approximate surface area is 182 Å². The first kappa shape index (κ1) is 22.1. The van der Waals surface area contributed by atoms with Gasteiger partial charge < -0.3 is 15.4 Å². The number of rotatable bonds is 9. The number of benzene rings is 2. The number of nitrogens with one attached hydrogen (secondary N) is 2. The van der Waals surface area contributed by atoms with Gasteiger partial charge in [-0.1, -0.05) is 37.6 Å². The zero-order valence-electron chi connectivity index (χ0n) is 18.0. The molecule has 0 saturated carbocycles. The van der Waals surface area contributed by atoms with Crippen LogP contribution in [0.25, 0.3) is 0 Å². The van der Waals surface area contributed by atoms with E-state index in [9.17, 15) is 9.59 Å². The normalized spacial score (nSPS) is 11.7. The first-order valence-electron chi connectivity index (χ1n) is 10.3. The van der Waals surface area contributed by atoms with Crippen molar-refractivity contribution in [2.75, 3.05) is 11.9 Å². The van der Waals surface area contributed by atoms with Gasteiger partial charge in [0.2, 0.25) is 5.91 Å². The minimum Gasteiger partial charge on any atom is -0.492 e. The molecule has 0 saturated heterocycles. The van der Waals surface area contributed by atoms with E-state index in [4.69, 9.17) is 4.74 Å². The molecular weight excluding hydrogens is 392 g/mol. The molecule has 2 N–H and O–H groups in total. The molecule has 0 aliphatic carbocycles. The Morgan fingerprint density at radius 2 is 1.90 bits per heavy atom. The predicted molar refractivity (Wildman–Crippen MR) is 120 cm³/mol. The molecule has 3 aromatic rings. The molecule has 7 heteroatoms. The fourth-order valence-electron chi connectivity index (χ4n) is 3.12. The summed E-state index contributed by atoms with van der Waals surface area (Å²) in [5, 5.41) is 9.87. The van der Waals surface area contributed by atoms with E-state index in [2.05, 4.69) is 15.7 Å². The second-order valence-electron chi connectivity index (χ2n) is 7.70. The lowest BCUT2D eigenvalue weighted by molar-refractivity contribution is -0.118. The van der Waals surface area contributed by atoms with Crippen molar-refractivity contribution in [3.63, 3.8) is 0 Å². The van der Waals surface area contributed by atoms with E-state index in [1.54, 1.807) is 35.1 Å². The Kier molecular flexibility index (Phi) is 7.43. The van der Waals surface area contributed by atoms with Gasteiger partial charge in [-0.2, -0.15) is 5.10 Å². The molecule has 3 rings (SSSR count). The molecular formula is C24H28N4O3. The van der Waals surface area contributed by atoms with Crippen molar-refractivity contribution in [3.05, 3.63) is 78.1 Å². The minimum absolute atomic E-state index is 0.0812. The van der Waals surface area contributed by atoms with E-state index < -0.39 is 6.04 Å². The first-order chi connectivity index (χ1) is 14.9. The molecule has 2 amide bonds. The van der Waals surface area contributed by atoms with Crippen LogP contribution < -0.4 is 15.4 Å². The summed E-state index contributed by atoms with van der Waals surface area (Å²) in [5.74, 6) is 0.0232. The number of aromatic nitrogens is 2. The van der Waals surface area contributed by atoms with Crippen LogP contribution >= 0.6 is 0 Å². The quantitative estimate of drug-likeness (QED) is 0.553. The maximum atomic E-state index is 12.9. The number of hydrogen-bond donors (Lipinski definition) is 2. The fraction of sp³-hybridized carbons (Fsp3) is 0.292. The molecule has 31 heavy (non-hydrogen) atoms. The number of ether oxygens (including phenoxy) is 1. The van der Waals surface area contributed by atoms with Gasteiger partial charge in [0.15, 0.2) is 0 Å². The largest absolute Gasteiger partial charge is 0.492 e. The Morgan fingerprint density at radius 3 is 2.61 bits per heavy atom. The highest BCUT2D eigenvalue weighted by Gasteiger charge is 2.25. The lowest BCUT2D eigenvalue weighted by atomic mass is 10.0. The molecule has 0 bridgehead atoms. The van der Waals surface area contributed by atoms with E-state index in [0.717, 1.165) is 5.56 Å². The van der Waals surface area contributed by atoms with Crippen molar-refractivity contribution < 1.29 is 14.3 Å². The lowest BCUT2D eigenvalue weighted by Crippen LogP contribution is -2.47. The highest BCUT2D eigenvalue weighted by atomic mass is 16.5. The fourth-order valence-corrected chi connectivity index (χ4v) is 3.12. The van der Waals surface area contributed by atoms with Crippen molar-refractivity contribution in [2.45, 2.75) is 33.4 Å². The topological polar surface area (TPSA) is 85.3 Å². The van der Waals surface area contributed by atoms with Crippen molar-refractivity contribution in [2.24, 2.45) is 5.92 Å². The summed E-state index contributed by atoms with van der Waals surface area (Å²) in [5.41, 5.74) is 2.13. The van der Waals surface area contributed by atoms with Gasteiger partial charge in [0.05, 0.1) is 6.54 Å². The summed E-state index contributed by atoms with van der Waals surface area (Å²) >= 11 is 0. The number of nitrogens with zero attached hydrogens (tertiary/aromatic N) is 2. The monoisotopic (exact) mass is 420 g/mol. The van der Waals surface area contributed by atoms with E-state index in [0.29, 0.717) is 30.2 Å². The van der Waals surface area contributed by atoms with E-state index in [1.807, 2.05) is 57.3 Å². The van der Waals surface area contributed by atoms with Crippen LogP contribution in [-0.2, 0) is 11.3 Å². The third-order valence-electron chi connectivity index (χ3n) is 4.77. The molecule has 0 aliphatic heterocycles. The van der Waals surface area contributed by atoms with Crippen molar-refractivity contribution in [1.29, 1.82) is 0 Å². The van der Waals surface area contributed by atoms with Crippen LogP contribution in [0.15, 0.2) is 67.0 Å². The second kappa shape index (κ2) is 10.4. The van der Waals surface area contributed by atoms with Crippen LogP contribution in [0.4, 0.5) is 5.69 Å². The molecule has 1 aromatic heterocycles. The smallest absolute Gasteiger partial charge is 0.251 e. The van der Waals surface area contributed by atoms with Crippen molar-refractivity contribution in [3.8, 4) is 5.75 Å². The zero-order valence-corrected chi connectivity index (χ0v) is 18.0. The first-order valence-corrected chi connectivity index (χ1v) is 10.3. The number of aryl methyl sites for hydroxylation is 1. The van der Waals surface area contributed by atoms with Gasteiger partial charge in [0.25, 0.3) is 5.91 Å². The van der Waals surface area contributed by atoms with Crippen LogP contribution in [0.5, 0.6) is 5.75 Å². The van der Waals surface area contributed by atoms with Gasteiger partial charge in [-0.15, -0.1) is 0 Å². The Bertz CT molecular complexity index is 1020. The maximum Gasteiger partial charge on any atom is 0.251 e. The number of amides is 2. The van der Waals surface area contributed by atoms with Gasteiger partial charge in [-0.05, 0) is 43.2 Å². The van der Waals surface area contributed by atoms with Gasteiger partial charge in [-0.25, -0.2) is 0 Å². The summed E-state index contributed by atoms with van der Waals surface area (Å²) in [7, 11) is 0. The number of anilines is 1. The summed E-state index contributed by atoms with van der Waals surface area (Å²) in [6.07, 6.45) is 3.59. The highest BCUT2D eigenvalue weighted by Crippen LogP contribution is 2.18. The summed E-state index contributed by atoms with van der Waals surface area (Å²) < 4.78 is 7.55. The summed E-state index contributed by atoms with van der Waals surface area (Å²) in [6, 6.07) is 15.7. The number of carbonyl (C=O) groups excluding carboxylic acids is 2. The van der Waals surface area contributed by atoms with Crippen molar-refractivity contribution >= 4 is 17.5 Å². The Morgan fingerprint density at radius 1 is 1.10 bits per heavy atom. The van der Waals surface area contributed by atoms with E-state index in [1.165, 1.54) is 0 Å². The Balaban J connectivity index is 1.60. The van der Waals surface area contributed by atoms with Gasteiger partial charge in [0, 0.05) is 29.7 Å². The molecule has 0 aliphatic rings. The van der Waals surface area contributed by atoms with Crippen LogP contribution in [0.2, 0.25) is 0 Å². The number of carbonyl (C=O) groups is 2. The molecule has 0 radical (unpaired) electrons. The summed E-state index contributed by atoms with van der Waals surface area (Å²) in [4.78, 5) is 25.5. The lowest BCUT2D eigenvalue weighted by Gasteiger charge is -2.22. The van der Waals surface area contributed by atoms with Gasteiger partial charge >= 0.3 is 0 Å². The maximum absolute atomic E-state index is 12.9. The average Bonchev–Trinajstić information content (AvgIpc) is 3.25. The molecule has 7 nitrogen and oxygen atoms in total. The molecule has 1 heterocycles. The number of hydrogen-bond acceptors (Lipinski definition) is 4. The van der Waals surface area contributed by atoms with Crippen LogP contribution in [-0.4, -0.2) is 34.2 Å². The standard InChI is InChI=1S/C24H28N4O3/c1-17(2)22(27-23(29)19-8-4-7-18(3)15-19)24(30)26-20-9-5-10-21(16-20)31-14-13-28-12-6-11-25-28/h4-12,15-17,22H,13-14H2,1-3H3,(H,26,30)(H,27,29). The molecule has 2 aromatic carbocycles. The van der Waals surface area contributed by atoms with Gasteiger partial charge in [0.1, 0.15) is 18.4 Å². The summed E-state index contributed by atoms with van der Waals surface area (Å²) in [6.45, 7) is 6.81. The highest BCUT2D eigenvalue weighted by molar-refractivity contribution is 6.01. The SMILES string of the molecule is Cc1cccc(C(=O)NC(C(=O)Nc2cccc(OCCn3cccn3)c2)C(C)C)c1. The van der Waals surface area contributed by atoms with E-state index >= 15 is 0 Å². The van der Waals surface area contributed by atoms with Crippen molar-refractivity contribution in [1.82, 2.24) is 15.1 Å². The van der Waals surface area contributed by atoms with Crippen LogP contribution in [0, 0.1) is 12.8 Å².